The molecule has 3 N–H and O–H groups in total. The summed E-state index contributed by atoms with van der Waals surface area (Å²) in [6.45, 7) is 1.07. The zero-order valence-electron chi connectivity index (χ0n) is 12.8. The second kappa shape index (κ2) is 8.41. The van der Waals surface area contributed by atoms with Crippen LogP contribution in [0.2, 0.25) is 5.02 Å². The monoisotopic (exact) mass is 334 g/mol. The van der Waals surface area contributed by atoms with Crippen molar-refractivity contribution in [2.75, 3.05) is 26.8 Å². The fraction of sp³-hybridized carbons (Fsp3) is 0.235. The van der Waals surface area contributed by atoms with Crippen molar-refractivity contribution in [1.29, 1.82) is 0 Å². The van der Waals surface area contributed by atoms with Crippen LogP contribution in [0.3, 0.4) is 0 Å². The Morgan fingerprint density at radius 2 is 1.96 bits per heavy atom. The molecule has 0 aliphatic heterocycles. The highest BCUT2D eigenvalue weighted by Gasteiger charge is 2.08. The van der Waals surface area contributed by atoms with Gasteiger partial charge in [-0.05, 0) is 35.9 Å². The summed E-state index contributed by atoms with van der Waals surface area (Å²) in [6, 6.07) is 13.1. The van der Waals surface area contributed by atoms with E-state index in [0.29, 0.717) is 18.2 Å². The Morgan fingerprint density at radius 3 is 2.61 bits per heavy atom. The number of rotatable bonds is 8. The van der Waals surface area contributed by atoms with Gasteiger partial charge in [-0.2, -0.15) is 0 Å². The number of benzene rings is 2. The third-order valence-electron chi connectivity index (χ3n) is 3.18. The van der Waals surface area contributed by atoms with Gasteiger partial charge in [0.05, 0.1) is 13.7 Å². The van der Waals surface area contributed by atoms with Crippen LogP contribution in [-0.4, -0.2) is 32.7 Å². The molecule has 6 heteroatoms. The molecule has 5 nitrogen and oxygen atoms in total. The van der Waals surface area contributed by atoms with Crippen LogP contribution in [0.4, 0.5) is 0 Å². The summed E-state index contributed by atoms with van der Waals surface area (Å²) in [6.07, 6.45) is 0. The molecule has 2 aromatic rings. The second-order valence-electron chi connectivity index (χ2n) is 4.86. The van der Waals surface area contributed by atoms with Gasteiger partial charge in [-0.1, -0.05) is 23.7 Å². The first-order valence-corrected chi connectivity index (χ1v) is 7.53. The first-order chi connectivity index (χ1) is 11.1. The van der Waals surface area contributed by atoms with Crippen LogP contribution < -0.4 is 20.5 Å². The predicted octanol–water partition coefficient (Wildman–Crippen LogP) is 2.47. The lowest BCUT2D eigenvalue weighted by atomic mass is 10.0. The van der Waals surface area contributed by atoms with Gasteiger partial charge in [-0.3, -0.25) is 4.79 Å². The fourth-order valence-electron chi connectivity index (χ4n) is 2.07. The van der Waals surface area contributed by atoms with Gasteiger partial charge in [0.25, 0.3) is 0 Å². The molecule has 2 aromatic carbocycles. The van der Waals surface area contributed by atoms with Crippen LogP contribution in [0, 0.1) is 0 Å². The molecule has 0 saturated heterocycles. The van der Waals surface area contributed by atoms with Crippen molar-refractivity contribution in [3.8, 4) is 22.6 Å². The first kappa shape index (κ1) is 17.1. The molecule has 0 bridgehead atoms. The first-order valence-electron chi connectivity index (χ1n) is 7.16. The Hall–Kier alpha value is -2.24. The number of halogens is 1. The standard InChI is InChI=1S/C17H19ClN2O3/c1-22-14-5-2-12(3-6-14)15-10-13(18)4-7-16(15)23-9-8-20-11-17(19)21/h2-7,10,20H,8-9,11H2,1H3,(H2,19,21). The lowest BCUT2D eigenvalue weighted by Crippen LogP contribution is -2.31. The van der Waals surface area contributed by atoms with Gasteiger partial charge in [0.1, 0.15) is 18.1 Å². The normalized spacial score (nSPS) is 10.3. The van der Waals surface area contributed by atoms with Crippen LogP contribution in [0.5, 0.6) is 11.5 Å². The van der Waals surface area contributed by atoms with Crippen LogP contribution in [-0.2, 0) is 4.79 Å². The van der Waals surface area contributed by atoms with E-state index in [1.165, 1.54) is 0 Å². The molecule has 2 rings (SSSR count). The van der Waals surface area contributed by atoms with Gasteiger partial charge in [0.2, 0.25) is 5.91 Å². The summed E-state index contributed by atoms with van der Waals surface area (Å²) < 4.78 is 10.9. The highest BCUT2D eigenvalue weighted by molar-refractivity contribution is 6.31. The zero-order valence-corrected chi connectivity index (χ0v) is 13.6. The van der Waals surface area contributed by atoms with Crippen molar-refractivity contribution in [3.05, 3.63) is 47.5 Å². The van der Waals surface area contributed by atoms with Gasteiger partial charge in [0, 0.05) is 17.1 Å². The SMILES string of the molecule is COc1ccc(-c2cc(Cl)ccc2OCCNCC(N)=O)cc1. The van der Waals surface area contributed by atoms with Crippen LogP contribution in [0.1, 0.15) is 0 Å². The quantitative estimate of drug-likeness (QED) is 0.727. The van der Waals surface area contributed by atoms with Crippen molar-refractivity contribution in [2.45, 2.75) is 0 Å². The number of methoxy groups -OCH3 is 1. The zero-order chi connectivity index (χ0) is 16.7. The summed E-state index contributed by atoms with van der Waals surface area (Å²) in [5.74, 6) is 1.12. The number of carbonyl (C=O) groups excluding carboxylic acids is 1. The molecular weight excluding hydrogens is 316 g/mol. The van der Waals surface area contributed by atoms with E-state index in [4.69, 9.17) is 26.8 Å². The van der Waals surface area contributed by atoms with E-state index < -0.39 is 5.91 Å². The lowest BCUT2D eigenvalue weighted by molar-refractivity contribution is -0.117. The lowest BCUT2D eigenvalue weighted by Gasteiger charge is -2.13. The fourth-order valence-corrected chi connectivity index (χ4v) is 2.24. The maximum absolute atomic E-state index is 10.7. The topological polar surface area (TPSA) is 73.6 Å². The smallest absolute Gasteiger partial charge is 0.231 e. The number of nitrogens with two attached hydrogens (primary N) is 1. The van der Waals surface area contributed by atoms with E-state index >= 15 is 0 Å². The third-order valence-corrected chi connectivity index (χ3v) is 3.41. The molecule has 0 aromatic heterocycles. The number of carbonyl (C=O) groups is 1. The van der Waals surface area contributed by atoms with Crippen LogP contribution in [0.15, 0.2) is 42.5 Å². The number of hydrogen-bond donors (Lipinski definition) is 2. The van der Waals surface area contributed by atoms with Gasteiger partial charge in [0.15, 0.2) is 0 Å². The van der Waals surface area contributed by atoms with E-state index in [9.17, 15) is 4.79 Å². The number of primary amides is 1. The second-order valence-corrected chi connectivity index (χ2v) is 5.30. The van der Waals surface area contributed by atoms with Gasteiger partial charge in [-0.15, -0.1) is 0 Å². The Kier molecular flexibility index (Phi) is 6.26. The largest absolute Gasteiger partial charge is 0.497 e. The van der Waals surface area contributed by atoms with E-state index in [1.54, 1.807) is 13.2 Å². The predicted molar refractivity (Wildman–Crippen MR) is 91.0 cm³/mol. The van der Waals surface area contributed by atoms with Crippen molar-refractivity contribution in [2.24, 2.45) is 5.73 Å². The maximum Gasteiger partial charge on any atom is 0.231 e. The number of nitrogens with one attached hydrogen (secondary N) is 1. The van der Waals surface area contributed by atoms with E-state index in [2.05, 4.69) is 5.32 Å². The molecule has 1 amide bonds. The van der Waals surface area contributed by atoms with Crippen molar-refractivity contribution >= 4 is 17.5 Å². The van der Waals surface area contributed by atoms with Gasteiger partial charge >= 0.3 is 0 Å². The Morgan fingerprint density at radius 1 is 1.22 bits per heavy atom. The van der Waals surface area contributed by atoms with Gasteiger partial charge < -0.3 is 20.5 Å². The molecule has 122 valence electrons. The Bertz CT molecular complexity index is 659. The molecule has 0 fully saturated rings. The van der Waals surface area contributed by atoms with E-state index in [0.717, 1.165) is 22.6 Å². The molecule has 0 spiro atoms. The Labute approximate surface area is 140 Å². The average molecular weight is 335 g/mol. The maximum atomic E-state index is 10.7. The van der Waals surface area contributed by atoms with Crippen molar-refractivity contribution in [3.63, 3.8) is 0 Å². The summed E-state index contributed by atoms with van der Waals surface area (Å²) in [4.78, 5) is 10.7. The molecule has 23 heavy (non-hydrogen) atoms. The summed E-state index contributed by atoms with van der Waals surface area (Å²) >= 11 is 6.10. The third kappa shape index (κ3) is 5.16. The highest BCUT2D eigenvalue weighted by atomic mass is 35.5. The summed E-state index contributed by atoms with van der Waals surface area (Å²) in [7, 11) is 1.63. The molecule has 0 unspecified atom stereocenters. The van der Waals surface area contributed by atoms with Crippen molar-refractivity contribution in [1.82, 2.24) is 5.32 Å². The minimum Gasteiger partial charge on any atom is -0.497 e. The number of amides is 1. The van der Waals surface area contributed by atoms with E-state index in [1.807, 2.05) is 36.4 Å². The average Bonchev–Trinajstić information content (AvgIpc) is 2.55. The highest BCUT2D eigenvalue weighted by Crippen LogP contribution is 2.33. The van der Waals surface area contributed by atoms with E-state index in [-0.39, 0.29) is 6.54 Å². The summed E-state index contributed by atoms with van der Waals surface area (Å²) in [5, 5.41) is 3.53. The van der Waals surface area contributed by atoms with Crippen LogP contribution >= 0.6 is 11.6 Å². The molecule has 0 atom stereocenters. The molecule has 0 heterocycles. The molecule has 0 saturated carbocycles. The van der Waals surface area contributed by atoms with Crippen molar-refractivity contribution < 1.29 is 14.3 Å². The number of ether oxygens (including phenoxy) is 2. The summed E-state index contributed by atoms with van der Waals surface area (Å²) in [5.41, 5.74) is 6.94. The number of hydrogen-bond acceptors (Lipinski definition) is 4. The molecule has 0 radical (unpaired) electrons. The molecular formula is C17H19ClN2O3. The molecule has 0 aliphatic rings. The minimum absolute atomic E-state index is 0.134. The minimum atomic E-state index is -0.393. The van der Waals surface area contributed by atoms with Gasteiger partial charge in [-0.25, -0.2) is 0 Å². The van der Waals surface area contributed by atoms with Crippen LogP contribution in [0.25, 0.3) is 11.1 Å². The Balaban J connectivity index is 2.08. The molecule has 0 aliphatic carbocycles.